The van der Waals surface area contributed by atoms with E-state index in [0.717, 1.165) is 16.7 Å². The lowest BCUT2D eigenvalue weighted by Gasteiger charge is -2.04. The molecule has 0 atom stereocenters. The van der Waals surface area contributed by atoms with Crippen LogP contribution < -0.4 is 5.63 Å². The Bertz CT molecular complexity index is 902. The van der Waals surface area contributed by atoms with Crippen molar-refractivity contribution >= 4 is 23.2 Å². The van der Waals surface area contributed by atoms with Crippen molar-refractivity contribution in [2.24, 2.45) is 0 Å². The highest BCUT2D eigenvalue weighted by atomic mass is 32.1. The molecular formula is C16H12O3S. The second kappa shape index (κ2) is 4.72. The Morgan fingerprint density at radius 2 is 1.70 bits per heavy atom. The van der Waals surface area contributed by atoms with Crippen molar-refractivity contribution in [1.82, 2.24) is 0 Å². The maximum Gasteiger partial charge on any atom is 0.347 e. The fraction of sp³-hybridized carbons (Fsp3) is 0.125. The summed E-state index contributed by atoms with van der Waals surface area (Å²) in [7, 11) is 0. The van der Waals surface area contributed by atoms with Crippen LogP contribution in [0, 0.1) is 18.6 Å². The van der Waals surface area contributed by atoms with E-state index in [1.165, 1.54) is 0 Å². The van der Waals surface area contributed by atoms with Crippen LogP contribution in [0.5, 0.6) is 0 Å². The summed E-state index contributed by atoms with van der Waals surface area (Å²) in [5.74, 6) is 0.503. The molecule has 0 spiro atoms. The second-order valence-electron chi connectivity index (χ2n) is 4.74. The fourth-order valence-corrected chi connectivity index (χ4v) is 2.37. The minimum atomic E-state index is -0.410. The summed E-state index contributed by atoms with van der Waals surface area (Å²) in [5.41, 5.74) is 2.86. The van der Waals surface area contributed by atoms with Gasteiger partial charge in [0.15, 0.2) is 4.71 Å². The lowest BCUT2D eigenvalue weighted by Crippen LogP contribution is -2.00. The molecule has 0 aliphatic heterocycles. The van der Waals surface area contributed by atoms with E-state index in [4.69, 9.17) is 21.1 Å². The maximum absolute atomic E-state index is 11.9. The molecule has 20 heavy (non-hydrogen) atoms. The maximum atomic E-state index is 11.9. The monoisotopic (exact) mass is 284 g/mol. The number of hydrogen-bond acceptors (Lipinski definition) is 4. The van der Waals surface area contributed by atoms with Crippen LogP contribution in [0.1, 0.15) is 11.3 Å². The zero-order valence-electron chi connectivity index (χ0n) is 11.1. The molecule has 0 unspecified atom stereocenters. The minimum Gasteiger partial charge on any atom is -0.444 e. The smallest absolute Gasteiger partial charge is 0.347 e. The predicted octanol–water partition coefficient (Wildman–Crippen LogP) is 4.40. The fourth-order valence-electron chi connectivity index (χ4n) is 2.10. The van der Waals surface area contributed by atoms with Crippen molar-refractivity contribution in [3.05, 3.63) is 62.8 Å². The summed E-state index contributed by atoms with van der Waals surface area (Å²) in [6, 6.07) is 11.3. The van der Waals surface area contributed by atoms with Crippen LogP contribution in [0.15, 0.2) is 50.0 Å². The standard InChI is InChI=1S/C16H12O3S/c1-9-3-5-11(6-4-9)12-8-13-14(19-16(12)20)7-10(2)18-15(13)17/h3-8H,1-2H3. The normalized spacial score (nSPS) is 10.9. The first kappa shape index (κ1) is 12.8. The van der Waals surface area contributed by atoms with Gasteiger partial charge in [-0.15, -0.1) is 0 Å². The van der Waals surface area contributed by atoms with Gasteiger partial charge in [-0.05, 0) is 37.7 Å². The molecule has 3 rings (SSSR count). The molecule has 0 fully saturated rings. The van der Waals surface area contributed by atoms with Crippen molar-refractivity contribution < 1.29 is 8.83 Å². The van der Waals surface area contributed by atoms with Gasteiger partial charge in [-0.25, -0.2) is 4.79 Å². The summed E-state index contributed by atoms with van der Waals surface area (Å²) in [6.07, 6.45) is 0. The van der Waals surface area contributed by atoms with Gasteiger partial charge < -0.3 is 8.83 Å². The lowest BCUT2D eigenvalue weighted by atomic mass is 10.1. The van der Waals surface area contributed by atoms with Gasteiger partial charge in [0.2, 0.25) is 0 Å². The first-order valence-electron chi connectivity index (χ1n) is 6.20. The highest BCUT2D eigenvalue weighted by Gasteiger charge is 2.09. The van der Waals surface area contributed by atoms with E-state index in [1.54, 1.807) is 19.1 Å². The number of benzene rings is 1. The average molecular weight is 284 g/mol. The molecule has 3 nitrogen and oxygen atoms in total. The van der Waals surface area contributed by atoms with Gasteiger partial charge >= 0.3 is 5.63 Å². The van der Waals surface area contributed by atoms with E-state index < -0.39 is 5.63 Å². The Balaban J connectivity index is 2.32. The molecule has 1 aromatic carbocycles. The second-order valence-corrected chi connectivity index (χ2v) is 5.11. The number of rotatable bonds is 1. The molecular weight excluding hydrogens is 272 g/mol. The van der Waals surface area contributed by atoms with E-state index >= 15 is 0 Å². The highest BCUT2D eigenvalue weighted by Crippen LogP contribution is 2.25. The van der Waals surface area contributed by atoms with Gasteiger partial charge in [-0.2, -0.15) is 0 Å². The number of fused-ring (bicyclic) bond motifs is 1. The third kappa shape index (κ3) is 2.18. The van der Waals surface area contributed by atoms with Crippen LogP contribution in [0.25, 0.3) is 22.1 Å². The molecule has 0 radical (unpaired) electrons. The Morgan fingerprint density at radius 3 is 2.40 bits per heavy atom. The average Bonchev–Trinajstić information content (AvgIpc) is 2.39. The molecule has 0 aliphatic carbocycles. The van der Waals surface area contributed by atoms with Crippen LogP contribution in [-0.2, 0) is 0 Å². The zero-order chi connectivity index (χ0) is 14.3. The third-order valence-corrected chi connectivity index (χ3v) is 3.45. The molecule has 0 amide bonds. The quantitative estimate of drug-likeness (QED) is 0.621. The molecule has 0 N–H and O–H groups in total. The number of hydrogen-bond donors (Lipinski definition) is 0. The third-order valence-electron chi connectivity index (χ3n) is 3.15. The van der Waals surface area contributed by atoms with Crippen molar-refractivity contribution in [3.8, 4) is 11.1 Å². The molecule has 0 bridgehead atoms. The summed E-state index contributed by atoms with van der Waals surface area (Å²) in [6.45, 7) is 3.72. The molecule has 2 heterocycles. The van der Waals surface area contributed by atoms with E-state index in [2.05, 4.69) is 0 Å². The van der Waals surface area contributed by atoms with Gasteiger partial charge in [0.25, 0.3) is 0 Å². The first-order chi connectivity index (χ1) is 9.54. The van der Waals surface area contributed by atoms with Crippen molar-refractivity contribution in [1.29, 1.82) is 0 Å². The van der Waals surface area contributed by atoms with Crippen molar-refractivity contribution in [2.45, 2.75) is 13.8 Å². The van der Waals surface area contributed by atoms with E-state index in [1.807, 2.05) is 31.2 Å². The lowest BCUT2D eigenvalue weighted by molar-refractivity contribution is 0.481. The van der Waals surface area contributed by atoms with Gasteiger partial charge in [0.05, 0.1) is 0 Å². The van der Waals surface area contributed by atoms with E-state index in [0.29, 0.717) is 21.4 Å². The van der Waals surface area contributed by atoms with E-state index in [9.17, 15) is 4.79 Å². The predicted molar refractivity (Wildman–Crippen MR) is 80.5 cm³/mol. The van der Waals surface area contributed by atoms with Crippen LogP contribution in [-0.4, -0.2) is 0 Å². The van der Waals surface area contributed by atoms with Gasteiger partial charge in [0.1, 0.15) is 16.7 Å². The number of aryl methyl sites for hydroxylation is 2. The molecule has 0 saturated heterocycles. The van der Waals surface area contributed by atoms with Gasteiger partial charge in [-0.3, -0.25) is 0 Å². The SMILES string of the molecule is Cc1ccc(-c2cc3c(=O)oc(C)cc3oc2=S)cc1. The summed E-state index contributed by atoms with van der Waals surface area (Å²) >= 11 is 5.28. The minimum absolute atomic E-state index is 0.367. The molecule has 2 aromatic heterocycles. The largest absolute Gasteiger partial charge is 0.444 e. The van der Waals surface area contributed by atoms with Crippen molar-refractivity contribution in [3.63, 3.8) is 0 Å². The molecule has 0 saturated carbocycles. The van der Waals surface area contributed by atoms with Crippen molar-refractivity contribution in [2.75, 3.05) is 0 Å². The van der Waals surface area contributed by atoms with Crippen LogP contribution >= 0.6 is 12.2 Å². The highest BCUT2D eigenvalue weighted by molar-refractivity contribution is 7.71. The molecule has 100 valence electrons. The van der Waals surface area contributed by atoms with Gasteiger partial charge in [0, 0.05) is 11.6 Å². The molecule has 3 aromatic rings. The van der Waals surface area contributed by atoms with Crippen LogP contribution in [0.4, 0.5) is 0 Å². The summed E-state index contributed by atoms with van der Waals surface area (Å²) < 4.78 is 11.1. The molecule has 0 aliphatic rings. The van der Waals surface area contributed by atoms with Crippen LogP contribution in [0.3, 0.4) is 0 Å². The Labute approximate surface area is 120 Å². The Hall–Kier alpha value is -2.20. The van der Waals surface area contributed by atoms with Gasteiger partial charge in [-0.1, -0.05) is 29.8 Å². The summed E-state index contributed by atoms with van der Waals surface area (Å²) in [5, 5.41) is 0.403. The Morgan fingerprint density at radius 1 is 1.00 bits per heavy atom. The zero-order valence-corrected chi connectivity index (χ0v) is 11.9. The van der Waals surface area contributed by atoms with E-state index in [-0.39, 0.29) is 0 Å². The summed E-state index contributed by atoms with van der Waals surface area (Å²) in [4.78, 5) is 11.9. The molecule has 4 heteroatoms. The topological polar surface area (TPSA) is 43.4 Å². The Kier molecular flexibility index (Phi) is 3.03. The first-order valence-corrected chi connectivity index (χ1v) is 6.61. The van der Waals surface area contributed by atoms with Crippen LogP contribution in [0.2, 0.25) is 0 Å².